The van der Waals surface area contributed by atoms with Gasteiger partial charge in [0.05, 0.1) is 0 Å². The molecule has 3 aliphatic carbocycles. The van der Waals surface area contributed by atoms with Crippen LogP contribution in [0.5, 0.6) is 0 Å². The van der Waals surface area contributed by atoms with Gasteiger partial charge in [-0.2, -0.15) is 0 Å². The Hall–Kier alpha value is -0.550. The van der Waals surface area contributed by atoms with E-state index in [1.54, 1.807) is 0 Å². The van der Waals surface area contributed by atoms with Gasteiger partial charge < -0.3 is 9.95 Å². The van der Waals surface area contributed by atoms with E-state index < -0.39 is 0 Å². The predicted molar refractivity (Wildman–Crippen MR) is 32.7 cm³/mol. The highest BCUT2D eigenvalue weighted by Crippen LogP contribution is 2.68. The minimum Gasteiger partial charge on any atom is -0.396 e. The molecule has 48 valence electrons. The lowest BCUT2D eigenvalue weighted by Gasteiger charge is -2.61. The molecule has 0 aromatic rings. The lowest BCUT2D eigenvalue weighted by atomic mass is 9.40. The largest absolute Gasteiger partial charge is 0.396 e. The Balaban J connectivity index is 2.06. The minimum atomic E-state index is 0.00271. The molecular formula is C7H9NO. The molecule has 0 aliphatic heterocycles. The van der Waals surface area contributed by atoms with Crippen LogP contribution in [0.1, 0.15) is 19.3 Å². The van der Waals surface area contributed by atoms with E-state index in [-0.39, 0.29) is 11.0 Å². The Morgan fingerprint density at radius 2 is 2.00 bits per heavy atom. The third-order valence-corrected chi connectivity index (χ3v) is 2.68. The first kappa shape index (κ1) is 5.25. The van der Waals surface area contributed by atoms with Crippen molar-refractivity contribution in [2.45, 2.75) is 24.8 Å². The average Bonchev–Trinajstić information content (AvgIpc) is 1.62. The lowest BCUT2D eigenvalue weighted by Crippen LogP contribution is -2.66. The van der Waals surface area contributed by atoms with Crippen LogP contribution in [0.2, 0.25) is 0 Å². The van der Waals surface area contributed by atoms with Crippen LogP contribution >= 0.6 is 0 Å². The maximum absolute atomic E-state index is 8.79. The van der Waals surface area contributed by atoms with Crippen molar-refractivity contribution in [3.8, 4) is 0 Å². The Morgan fingerprint density at radius 3 is 2.33 bits per heavy atom. The molecule has 0 radical (unpaired) electrons. The van der Waals surface area contributed by atoms with E-state index in [4.69, 9.17) is 11.7 Å². The minimum absolute atomic E-state index is 0.00271. The maximum atomic E-state index is 8.79. The van der Waals surface area contributed by atoms with Crippen molar-refractivity contribution in [3.63, 3.8) is 0 Å². The third-order valence-electron chi connectivity index (χ3n) is 2.68. The molecular weight excluding hydrogens is 114 g/mol. The maximum Gasteiger partial charge on any atom is 0.234 e. The van der Waals surface area contributed by atoms with Crippen molar-refractivity contribution >= 4 is 0 Å². The summed E-state index contributed by atoms with van der Waals surface area (Å²) in [6, 6.07) is 0. The van der Waals surface area contributed by atoms with Crippen molar-refractivity contribution in [1.82, 2.24) is 0 Å². The van der Waals surface area contributed by atoms with Crippen LogP contribution in [-0.2, 0) is 0 Å². The fourth-order valence-electron chi connectivity index (χ4n) is 2.23. The molecule has 0 saturated heterocycles. The zero-order chi connectivity index (χ0) is 6.54. The van der Waals surface area contributed by atoms with E-state index in [1.807, 2.05) is 0 Å². The lowest BCUT2D eigenvalue weighted by molar-refractivity contribution is -0.137. The molecule has 1 N–H and O–H groups in total. The van der Waals surface area contributed by atoms with Crippen LogP contribution in [0.15, 0.2) is 0 Å². The summed E-state index contributed by atoms with van der Waals surface area (Å²) in [5, 5.41) is 8.79. The van der Waals surface area contributed by atoms with Gasteiger partial charge in [0.25, 0.3) is 0 Å². The average molecular weight is 123 g/mol. The van der Waals surface area contributed by atoms with Gasteiger partial charge in [-0.1, -0.05) is 0 Å². The van der Waals surface area contributed by atoms with E-state index in [0.29, 0.717) is 6.61 Å². The highest BCUT2D eigenvalue weighted by Gasteiger charge is 2.74. The van der Waals surface area contributed by atoms with Crippen molar-refractivity contribution in [2.24, 2.45) is 5.41 Å². The fraction of sp³-hybridized carbons (Fsp3) is 0.857. The second-order valence-electron chi connectivity index (χ2n) is 3.52. The van der Waals surface area contributed by atoms with Crippen molar-refractivity contribution < 1.29 is 5.11 Å². The van der Waals surface area contributed by atoms with Gasteiger partial charge in [0.2, 0.25) is 5.54 Å². The molecule has 0 aromatic carbocycles. The molecule has 3 rings (SSSR count). The zero-order valence-electron chi connectivity index (χ0n) is 5.22. The molecule has 2 heteroatoms. The molecule has 0 amide bonds. The molecule has 3 aliphatic rings. The highest BCUT2D eigenvalue weighted by molar-refractivity contribution is 5.28. The van der Waals surface area contributed by atoms with Crippen LogP contribution in [-0.4, -0.2) is 17.3 Å². The zero-order valence-corrected chi connectivity index (χ0v) is 5.22. The molecule has 0 spiro atoms. The van der Waals surface area contributed by atoms with Crippen LogP contribution in [0.25, 0.3) is 4.85 Å². The molecule has 2 nitrogen and oxygen atoms in total. The van der Waals surface area contributed by atoms with E-state index >= 15 is 0 Å². The normalized spacial score (nSPS) is 52.9. The Kier molecular flexibility index (Phi) is 0.668. The standard InChI is InChI=1S/C7H9NO/c1-8-7-2-6(3-7,4-7)5-9/h9H,2-5H2. The molecule has 2 bridgehead atoms. The summed E-state index contributed by atoms with van der Waals surface area (Å²) in [4.78, 5) is 3.52. The summed E-state index contributed by atoms with van der Waals surface area (Å²) < 4.78 is 0. The quantitative estimate of drug-likeness (QED) is 0.513. The van der Waals surface area contributed by atoms with Crippen LogP contribution < -0.4 is 0 Å². The van der Waals surface area contributed by atoms with Gasteiger partial charge in [-0.15, -0.1) is 0 Å². The van der Waals surface area contributed by atoms with Gasteiger partial charge in [-0.05, 0) is 0 Å². The SMILES string of the molecule is [C-]#[N+]C12CC(CO)(C1)C2. The molecule has 3 fully saturated rings. The Bertz CT molecular complexity index is 172. The Labute approximate surface area is 54.3 Å². The first-order chi connectivity index (χ1) is 4.24. The number of hydrogen-bond donors (Lipinski definition) is 1. The summed E-state index contributed by atoms with van der Waals surface area (Å²) >= 11 is 0. The van der Waals surface area contributed by atoms with Crippen molar-refractivity contribution in [1.29, 1.82) is 0 Å². The fourth-order valence-corrected chi connectivity index (χ4v) is 2.23. The topological polar surface area (TPSA) is 24.6 Å². The Morgan fingerprint density at radius 1 is 1.44 bits per heavy atom. The summed E-state index contributed by atoms with van der Waals surface area (Å²) in [5.74, 6) is 0. The monoisotopic (exact) mass is 123 g/mol. The van der Waals surface area contributed by atoms with Crippen LogP contribution in [0.3, 0.4) is 0 Å². The molecule has 9 heavy (non-hydrogen) atoms. The molecule has 0 aromatic heterocycles. The molecule has 3 saturated carbocycles. The number of aliphatic hydroxyl groups is 1. The highest BCUT2D eigenvalue weighted by atomic mass is 16.3. The number of rotatable bonds is 1. The van der Waals surface area contributed by atoms with E-state index in [2.05, 4.69) is 4.85 Å². The van der Waals surface area contributed by atoms with Gasteiger partial charge in [-0.3, -0.25) is 0 Å². The molecule has 0 atom stereocenters. The summed E-state index contributed by atoms with van der Waals surface area (Å²) in [7, 11) is 0. The molecule has 0 unspecified atom stereocenters. The molecule has 0 heterocycles. The summed E-state index contributed by atoms with van der Waals surface area (Å²) in [5.41, 5.74) is 0.216. The van der Waals surface area contributed by atoms with Crippen molar-refractivity contribution in [3.05, 3.63) is 11.4 Å². The van der Waals surface area contributed by atoms with Crippen LogP contribution in [0, 0.1) is 12.0 Å². The number of aliphatic hydroxyl groups excluding tert-OH is 1. The number of nitrogens with zero attached hydrogens (tertiary/aromatic N) is 1. The second-order valence-corrected chi connectivity index (χ2v) is 3.52. The van der Waals surface area contributed by atoms with Gasteiger partial charge in [0, 0.05) is 31.3 Å². The first-order valence-electron chi connectivity index (χ1n) is 3.24. The second kappa shape index (κ2) is 1.15. The summed E-state index contributed by atoms with van der Waals surface area (Å²) in [6.45, 7) is 7.10. The smallest absolute Gasteiger partial charge is 0.234 e. The van der Waals surface area contributed by atoms with Gasteiger partial charge in [0.1, 0.15) is 0 Å². The van der Waals surface area contributed by atoms with E-state index in [9.17, 15) is 0 Å². The first-order valence-corrected chi connectivity index (χ1v) is 3.24. The van der Waals surface area contributed by atoms with Crippen molar-refractivity contribution in [2.75, 3.05) is 6.61 Å². The third kappa shape index (κ3) is 0.402. The summed E-state index contributed by atoms with van der Waals surface area (Å²) in [6.07, 6.45) is 2.88. The van der Waals surface area contributed by atoms with Crippen LogP contribution in [0.4, 0.5) is 0 Å². The van der Waals surface area contributed by atoms with Gasteiger partial charge >= 0.3 is 0 Å². The van der Waals surface area contributed by atoms with E-state index in [0.717, 1.165) is 19.3 Å². The number of hydrogen-bond acceptors (Lipinski definition) is 1. The van der Waals surface area contributed by atoms with Gasteiger partial charge in [-0.25, -0.2) is 6.57 Å². The predicted octanol–water partition coefficient (Wildman–Crippen LogP) is 0.821. The van der Waals surface area contributed by atoms with Gasteiger partial charge in [0.15, 0.2) is 0 Å². The van der Waals surface area contributed by atoms with E-state index in [1.165, 1.54) is 0 Å².